The van der Waals surface area contributed by atoms with Crippen LogP contribution in [0.15, 0.2) is 6.07 Å². The van der Waals surface area contributed by atoms with Crippen LogP contribution in [0.4, 0.5) is 65.9 Å². The van der Waals surface area contributed by atoms with Crippen LogP contribution in [-0.2, 0) is 11.6 Å². The third-order valence-electron chi connectivity index (χ3n) is 3.11. The van der Waals surface area contributed by atoms with E-state index in [0.29, 0.717) is 0 Å². The number of halogens is 15. The highest BCUT2D eigenvalue weighted by atomic mass is 19.4. The summed E-state index contributed by atoms with van der Waals surface area (Å²) in [6.07, 6.45) is -28.7. The van der Waals surface area contributed by atoms with Gasteiger partial charge in [-0.05, 0) is 6.07 Å². The van der Waals surface area contributed by atoms with E-state index < -0.39 is 64.8 Å². The van der Waals surface area contributed by atoms with Crippen LogP contribution in [0.3, 0.4) is 0 Å². The minimum Gasteiger partial charge on any atom is -0.207 e. The topological polar surface area (TPSA) is 0 Å². The van der Waals surface area contributed by atoms with Crippen LogP contribution >= 0.6 is 0 Å². The highest BCUT2D eigenvalue weighted by Crippen LogP contribution is 2.61. The molecule has 0 aliphatic rings. The second-order valence-electron chi connectivity index (χ2n) is 4.65. The number of alkyl halides is 12. The zero-order chi connectivity index (χ0) is 21.1. The predicted molar refractivity (Wildman–Crippen MR) is 51.2 cm³/mol. The molecule has 150 valence electrons. The third-order valence-corrected chi connectivity index (χ3v) is 3.11. The first-order chi connectivity index (χ1) is 11.2. The van der Waals surface area contributed by atoms with Crippen LogP contribution in [0.2, 0.25) is 0 Å². The molecule has 0 saturated carbocycles. The Balaban J connectivity index is 4.20. The molecule has 0 unspecified atom stereocenters. The zero-order valence-electron chi connectivity index (χ0n) is 11.2. The maximum absolute atomic E-state index is 13.5. The maximum atomic E-state index is 13.5. The second-order valence-corrected chi connectivity index (χ2v) is 4.65. The monoisotopic (exact) mass is 418 g/mol. The van der Waals surface area contributed by atoms with Crippen molar-refractivity contribution in [2.45, 2.75) is 30.1 Å². The molecular formula is C11HF15. The molecule has 1 aromatic carbocycles. The molecule has 0 aliphatic carbocycles. The number of benzene rings is 1. The standard InChI is InChI=1S/C11HF15/c12-3-1-2(8(15,16)17)5(13)6(14)4(3)7(9(18,19)20,10(21,22)23)11(24,25)26/h1H. The van der Waals surface area contributed by atoms with E-state index in [4.69, 9.17) is 0 Å². The van der Waals surface area contributed by atoms with Crippen molar-refractivity contribution in [2.24, 2.45) is 0 Å². The Kier molecular flexibility index (Phi) is 4.99. The van der Waals surface area contributed by atoms with E-state index in [1.54, 1.807) is 0 Å². The summed E-state index contributed by atoms with van der Waals surface area (Å²) in [7, 11) is 0. The molecule has 0 spiro atoms. The molecule has 0 heterocycles. The summed E-state index contributed by atoms with van der Waals surface area (Å²) in [5.74, 6) is -11.0. The smallest absolute Gasteiger partial charge is 0.207 e. The molecule has 26 heavy (non-hydrogen) atoms. The number of hydrogen-bond acceptors (Lipinski definition) is 0. The quantitative estimate of drug-likeness (QED) is 0.385. The maximum Gasteiger partial charge on any atom is 0.419 e. The van der Waals surface area contributed by atoms with Crippen molar-refractivity contribution in [3.8, 4) is 0 Å². The lowest BCUT2D eigenvalue weighted by Crippen LogP contribution is -2.64. The molecule has 1 aromatic rings. The molecule has 0 radical (unpaired) electrons. The minimum absolute atomic E-state index is 1.42. The van der Waals surface area contributed by atoms with Crippen molar-refractivity contribution in [1.29, 1.82) is 0 Å². The van der Waals surface area contributed by atoms with Gasteiger partial charge in [0.1, 0.15) is 5.82 Å². The van der Waals surface area contributed by atoms with Crippen molar-refractivity contribution >= 4 is 0 Å². The van der Waals surface area contributed by atoms with Crippen LogP contribution in [0, 0.1) is 17.5 Å². The first-order valence-corrected chi connectivity index (χ1v) is 5.66. The summed E-state index contributed by atoms with van der Waals surface area (Å²) in [5, 5.41) is 0. The Labute approximate surface area is 132 Å². The number of hydrogen-bond donors (Lipinski definition) is 0. The average molecular weight is 418 g/mol. The summed E-state index contributed by atoms with van der Waals surface area (Å²) < 4.78 is 192. The van der Waals surface area contributed by atoms with Gasteiger partial charge >= 0.3 is 24.7 Å². The zero-order valence-corrected chi connectivity index (χ0v) is 11.2. The minimum atomic E-state index is -7.54. The van der Waals surface area contributed by atoms with Crippen LogP contribution in [0.5, 0.6) is 0 Å². The summed E-state index contributed by atoms with van der Waals surface area (Å²) in [4.78, 5) is 0. The van der Waals surface area contributed by atoms with Gasteiger partial charge in [0, 0.05) is 0 Å². The largest absolute Gasteiger partial charge is 0.419 e. The molecule has 15 heteroatoms. The molecule has 0 atom stereocenters. The first kappa shape index (κ1) is 22.2. The molecule has 0 N–H and O–H groups in total. The van der Waals surface area contributed by atoms with E-state index in [2.05, 4.69) is 0 Å². The van der Waals surface area contributed by atoms with E-state index >= 15 is 0 Å². The molecule has 0 fully saturated rings. The molecular weight excluding hydrogens is 417 g/mol. The Morgan fingerprint density at radius 1 is 0.538 bits per heavy atom. The summed E-state index contributed by atoms with van der Waals surface area (Å²) in [6.45, 7) is 0. The third kappa shape index (κ3) is 3.04. The van der Waals surface area contributed by atoms with Gasteiger partial charge in [-0.3, -0.25) is 0 Å². The normalized spacial score (nSPS) is 14.7. The average Bonchev–Trinajstić information content (AvgIpc) is 2.32. The van der Waals surface area contributed by atoms with Gasteiger partial charge in [0.05, 0.1) is 11.1 Å². The molecule has 0 nitrogen and oxygen atoms in total. The molecule has 0 bridgehead atoms. The highest BCUT2D eigenvalue weighted by molar-refractivity contribution is 5.39. The van der Waals surface area contributed by atoms with Gasteiger partial charge in [0.2, 0.25) is 0 Å². The van der Waals surface area contributed by atoms with E-state index in [0.717, 1.165) is 0 Å². The summed E-state index contributed by atoms with van der Waals surface area (Å²) in [5.41, 5.74) is -14.3. The van der Waals surface area contributed by atoms with Crippen molar-refractivity contribution < 1.29 is 65.9 Å². The van der Waals surface area contributed by atoms with Gasteiger partial charge < -0.3 is 0 Å². The van der Waals surface area contributed by atoms with E-state index in [-0.39, 0.29) is 0 Å². The lowest BCUT2D eigenvalue weighted by Gasteiger charge is -2.39. The number of rotatable bonds is 1. The molecule has 0 aromatic heterocycles. The predicted octanol–water partition coefficient (Wildman–Crippen LogP) is 6.05. The SMILES string of the molecule is Fc1cc(C(F)(F)F)c(F)c(F)c1C(C(F)(F)F)(C(F)(F)F)C(F)(F)F. The van der Waals surface area contributed by atoms with Gasteiger partial charge in [-0.25, -0.2) is 13.2 Å². The van der Waals surface area contributed by atoms with Gasteiger partial charge in [0.25, 0.3) is 5.41 Å². The van der Waals surface area contributed by atoms with E-state index in [1.165, 1.54) is 0 Å². The lowest BCUT2D eigenvalue weighted by molar-refractivity contribution is -0.388. The Morgan fingerprint density at radius 2 is 0.885 bits per heavy atom. The van der Waals surface area contributed by atoms with Crippen LogP contribution in [-0.4, -0.2) is 18.5 Å². The van der Waals surface area contributed by atoms with Crippen LogP contribution in [0.25, 0.3) is 0 Å². The van der Waals surface area contributed by atoms with Crippen LogP contribution in [0.1, 0.15) is 11.1 Å². The summed E-state index contributed by atoms with van der Waals surface area (Å²) >= 11 is 0. The van der Waals surface area contributed by atoms with E-state index in [1.807, 2.05) is 0 Å². The molecule has 0 aliphatic heterocycles. The van der Waals surface area contributed by atoms with Gasteiger partial charge in [-0.1, -0.05) is 0 Å². The molecule has 0 saturated heterocycles. The van der Waals surface area contributed by atoms with Gasteiger partial charge in [-0.15, -0.1) is 0 Å². The van der Waals surface area contributed by atoms with Crippen molar-refractivity contribution in [1.82, 2.24) is 0 Å². The highest BCUT2D eigenvalue weighted by Gasteiger charge is 2.86. The van der Waals surface area contributed by atoms with Crippen molar-refractivity contribution in [2.75, 3.05) is 0 Å². The first-order valence-electron chi connectivity index (χ1n) is 5.66. The second kappa shape index (κ2) is 5.84. The van der Waals surface area contributed by atoms with Crippen molar-refractivity contribution in [3.05, 3.63) is 34.6 Å². The Bertz CT molecular complexity index is 648. The van der Waals surface area contributed by atoms with E-state index in [9.17, 15) is 65.9 Å². The fraction of sp³-hybridized carbons (Fsp3) is 0.455. The lowest BCUT2D eigenvalue weighted by atomic mass is 9.76. The van der Waals surface area contributed by atoms with Crippen molar-refractivity contribution in [3.63, 3.8) is 0 Å². The Hall–Kier alpha value is -1.83. The summed E-state index contributed by atoms with van der Waals surface area (Å²) in [6, 6.07) is -1.42. The van der Waals surface area contributed by atoms with Gasteiger partial charge in [0.15, 0.2) is 11.6 Å². The van der Waals surface area contributed by atoms with Crippen LogP contribution < -0.4 is 0 Å². The molecule has 1 rings (SSSR count). The fourth-order valence-electron chi connectivity index (χ4n) is 2.05. The fourth-order valence-corrected chi connectivity index (χ4v) is 2.05. The molecule has 0 amide bonds. The Morgan fingerprint density at radius 3 is 1.15 bits per heavy atom. The van der Waals surface area contributed by atoms with Gasteiger partial charge in [-0.2, -0.15) is 52.7 Å².